The van der Waals surface area contributed by atoms with Gasteiger partial charge in [-0.05, 0) is 36.4 Å². The highest BCUT2D eigenvalue weighted by atomic mass is 16.5. The van der Waals surface area contributed by atoms with Gasteiger partial charge >= 0.3 is 0 Å². The second kappa shape index (κ2) is 6.51. The van der Waals surface area contributed by atoms with Crippen LogP contribution in [0.2, 0.25) is 0 Å². The van der Waals surface area contributed by atoms with E-state index in [0.717, 1.165) is 6.07 Å². The number of benzene rings is 2. The number of hydrogen-bond acceptors (Lipinski definition) is 5. The Morgan fingerprint density at radius 1 is 1.14 bits per heavy atom. The van der Waals surface area contributed by atoms with Crippen LogP contribution in [0.4, 0.5) is 5.69 Å². The molecule has 2 aromatic carbocycles. The number of aromatic hydroxyl groups is 2. The number of rotatable bonds is 5. The first-order valence-electron chi connectivity index (χ1n) is 6.35. The maximum absolute atomic E-state index is 11.8. The van der Waals surface area contributed by atoms with E-state index in [9.17, 15) is 9.90 Å². The van der Waals surface area contributed by atoms with Crippen molar-refractivity contribution < 1.29 is 19.7 Å². The van der Waals surface area contributed by atoms with Gasteiger partial charge in [-0.15, -0.1) is 0 Å². The van der Waals surface area contributed by atoms with Crippen LogP contribution < -0.4 is 15.8 Å². The molecule has 0 unspecified atom stereocenters. The van der Waals surface area contributed by atoms with Gasteiger partial charge in [0.2, 0.25) is 0 Å². The van der Waals surface area contributed by atoms with Gasteiger partial charge in [-0.2, -0.15) is 0 Å². The van der Waals surface area contributed by atoms with Crippen LogP contribution in [0.5, 0.6) is 17.2 Å². The molecule has 0 spiro atoms. The summed E-state index contributed by atoms with van der Waals surface area (Å²) in [5, 5.41) is 21.3. The Labute approximate surface area is 121 Å². The standard InChI is InChI=1S/C15H16N2O4/c16-10-1-4-12(5-2-10)21-8-7-17-15(20)13-6-3-11(18)9-14(13)19/h1-6,9,18-19H,7-8,16H2,(H,17,20). The highest BCUT2D eigenvalue weighted by Gasteiger charge is 2.10. The van der Waals surface area contributed by atoms with Crippen LogP contribution >= 0.6 is 0 Å². The minimum atomic E-state index is -0.437. The molecule has 0 bridgehead atoms. The van der Waals surface area contributed by atoms with Crippen molar-refractivity contribution in [3.63, 3.8) is 0 Å². The van der Waals surface area contributed by atoms with Gasteiger partial charge in [0.1, 0.15) is 23.9 Å². The molecule has 0 radical (unpaired) electrons. The van der Waals surface area contributed by atoms with Crippen molar-refractivity contribution >= 4 is 11.6 Å². The van der Waals surface area contributed by atoms with E-state index in [2.05, 4.69) is 5.32 Å². The summed E-state index contributed by atoms with van der Waals surface area (Å²) in [6.45, 7) is 0.567. The number of nitrogen functional groups attached to an aromatic ring is 1. The van der Waals surface area contributed by atoms with Gasteiger partial charge in [0.15, 0.2) is 0 Å². The molecule has 0 aliphatic heterocycles. The van der Waals surface area contributed by atoms with Crippen LogP contribution in [0.3, 0.4) is 0 Å². The van der Waals surface area contributed by atoms with E-state index in [1.165, 1.54) is 12.1 Å². The molecule has 1 amide bonds. The van der Waals surface area contributed by atoms with Gasteiger partial charge in [0, 0.05) is 11.8 Å². The Morgan fingerprint density at radius 3 is 2.52 bits per heavy atom. The molecule has 6 heteroatoms. The monoisotopic (exact) mass is 288 g/mol. The summed E-state index contributed by atoms with van der Waals surface area (Å²) in [4.78, 5) is 11.8. The number of phenolic OH excluding ortho intramolecular Hbond substituents is 2. The number of amides is 1. The minimum Gasteiger partial charge on any atom is -0.508 e. The molecule has 0 aliphatic rings. The molecule has 0 aromatic heterocycles. The molecule has 2 rings (SSSR count). The normalized spacial score (nSPS) is 10.1. The second-order valence-corrected chi connectivity index (χ2v) is 4.37. The maximum Gasteiger partial charge on any atom is 0.255 e. The molecule has 0 aliphatic carbocycles. The molecule has 6 nitrogen and oxygen atoms in total. The first-order chi connectivity index (χ1) is 10.1. The summed E-state index contributed by atoms with van der Waals surface area (Å²) in [7, 11) is 0. The minimum absolute atomic E-state index is 0.0975. The largest absolute Gasteiger partial charge is 0.508 e. The summed E-state index contributed by atoms with van der Waals surface area (Å²) in [6.07, 6.45) is 0. The fourth-order valence-corrected chi connectivity index (χ4v) is 1.70. The average molecular weight is 288 g/mol. The number of anilines is 1. The predicted octanol–water partition coefficient (Wildman–Crippen LogP) is 1.49. The molecule has 2 aromatic rings. The van der Waals surface area contributed by atoms with Crippen molar-refractivity contribution in [3.05, 3.63) is 48.0 Å². The van der Waals surface area contributed by atoms with E-state index in [1.807, 2.05) is 0 Å². The summed E-state index contributed by atoms with van der Waals surface area (Å²) >= 11 is 0. The molecule has 0 atom stereocenters. The van der Waals surface area contributed by atoms with Crippen molar-refractivity contribution in [1.29, 1.82) is 0 Å². The molecule has 0 saturated carbocycles. The number of nitrogens with one attached hydrogen (secondary N) is 1. The molecule has 110 valence electrons. The highest BCUT2D eigenvalue weighted by molar-refractivity contribution is 5.96. The molecule has 0 heterocycles. The Morgan fingerprint density at radius 2 is 1.86 bits per heavy atom. The molecule has 5 N–H and O–H groups in total. The van der Waals surface area contributed by atoms with E-state index < -0.39 is 5.91 Å². The van der Waals surface area contributed by atoms with Crippen molar-refractivity contribution in [2.45, 2.75) is 0 Å². The average Bonchev–Trinajstić information content (AvgIpc) is 2.45. The fourth-order valence-electron chi connectivity index (χ4n) is 1.70. The third-order valence-corrected chi connectivity index (χ3v) is 2.76. The number of carbonyl (C=O) groups is 1. The smallest absolute Gasteiger partial charge is 0.255 e. The number of ether oxygens (including phenoxy) is 1. The number of hydrogen-bond donors (Lipinski definition) is 4. The second-order valence-electron chi connectivity index (χ2n) is 4.37. The lowest BCUT2D eigenvalue weighted by atomic mass is 10.2. The molecular weight excluding hydrogens is 272 g/mol. The quantitative estimate of drug-likeness (QED) is 0.493. The van der Waals surface area contributed by atoms with Crippen LogP contribution in [-0.2, 0) is 0 Å². The number of nitrogens with two attached hydrogens (primary N) is 1. The topological polar surface area (TPSA) is 105 Å². The van der Waals surface area contributed by atoms with E-state index >= 15 is 0 Å². The summed E-state index contributed by atoms with van der Waals surface area (Å²) in [5.41, 5.74) is 6.31. The SMILES string of the molecule is Nc1ccc(OCCNC(=O)c2ccc(O)cc2O)cc1. The van der Waals surface area contributed by atoms with Gasteiger partial charge in [0.05, 0.1) is 12.1 Å². The van der Waals surface area contributed by atoms with Crippen molar-refractivity contribution in [2.24, 2.45) is 0 Å². The third-order valence-electron chi connectivity index (χ3n) is 2.76. The van der Waals surface area contributed by atoms with Gasteiger partial charge in [-0.25, -0.2) is 0 Å². The Bertz CT molecular complexity index is 626. The highest BCUT2D eigenvalue weighted by Crippen LogP contribution is 2.22. The zero-order valence-electron chi connectivity index (χ0n) is 11.2. The van der Waals surface area contributed by atoms with Gasteiger partial charge in [0.25, 0.3) is 5.91 Å². The Kier molecular flexibility index (Phi) is 4.50. The van der Waals surface area contributed by atoms with E-state index in [1.54, 1.807) is 24.3 Å². The van der Waals surface area contributed by atoms with Crippen LogP contribution in [0.15, 0.2) is 42.5 Å². The van der Waals surface area contributed by atoms with Crippen LogP contribution in [0, 0.1) is 0 Å². The van der Waals surface area contributed by atoms with E-state index in [0.29, 0.717) is 11.4 Å². The lowest BCUT2D eigenvalue weighted by Crippen LogP contribution is -2.28. The number of phenols is 2. The van der Waals surface area contributed by atoms with Crippen molar-refractivity contribution in [2.75, 3.05) is 18.9 Å². The van der Waals surface area contributed by atoms with Gasteiger partial charge in [-0.1, -0.05) is 0 Å². The first kappa shape index (κ1) is 14.5. The summed E-state index contributed by atoms with van der Waals surface area (Å²) < 4.78 is 5.42. The molecule has 0 fully saturated rings. The Hall–Kier alpha value is -2.89. The van der Waals surface area contributed by atoms with Crippen molar-refractivity contribution in [1.82, 2.24) is 5.32 Å². The summed E-state index contributed by atoms with van der Waals surface area (Å²) in [6, 6.07) is 10.7. The first-order valence-corrected chi connectivity index (χ1v) is 6.35. The van der Waals surface area contributed by atoms with E-state index in [-0.39, 0.29) is 30.2 Å². The zero-order valence-corrected chi connectivity index (χ0v) is 11.2. The van der Waals surface area contributed by atoms with Crippen LogP contribution in [0.25, 0.3) is 0 Å². The maximum atomic E-state index is 11.8. The molecular formula is C15H16N2O4. The van der Waals surface area contributed by atoms with Crippen LogP contribution in [0.1, 0.15) is 10.4 Å². The predicted molar refractivity (Wildman–Crippen MR) is 78.5 cm³/mol. The third kappa shape index (κ3) is 4.04. The molecule has 0 saturated heterocycles. The van der Waals surface area contributed by atoms with Gasteiger partial charge in [-0.3, -0.25) is 4.79 Å². The van der Waals surface area contributed by atoms with E-state index in [4.69, 9.17) is 15.6 Å². The lowest BCUT2D eigenvalue weighted by molar-refractivity contribution is 0.0944. The zero-order chi connectivity index (χ0) is 15.2. The number of carbonyl (C=O) groups excluding carboxylic acids is 1. The molecule has 21 heavy (non-hydrogen) atoms. The summed E-state index contributed by atoms with van der Waals surface area (Å²) in [5.74, 6) is -0.151. The van der Waals surface area contributed by atoms with Gasteiger partial charge < -0.3 is 26.0 Å². The van der Waals surface area contributed by atoms with Crippen molar-refractivity contribution in [3.8, 4) is 17.2 Å². The fraction of sp³-hybridized carbons (Fsp3) is 0.133. The van der Waals surface area contributed by atoms with Crippen LogP contribution in [-0.4, -0.2) is 29.3 Å². The lowest BCUT2D eigenvalue weighted by Gasteiger charge is -2.09. The Balaban J connectivity index is 1.80.